The lowest BCUT2D eigenvalue weighted by Crippen LogP contribution is -3.12. The summed E-state index contributed by atoms with van der Waals surface area (Å²) in [7, 11) is 0. The largest absolute Gasteiger partial charge is 0.338 e. The molecule has 6 heteroatoms. The summed E-state index contributed by atoms with van der Waals surface area (Å²) in [4.78, 5) is 5.32. The third-order valence-corrected chi connectivity index (χ3v) is 6.43. The Kier molecular flexibility index (Phi) is 7.74. The van der Waals surface area contributed by atoms with Crippen molar-refractivity contribution in [3.05, 3.63) is 51.7 Å². The van der Waals surface area contributed by atoms with Crippen LogP contribution in [-0.2, 0) is 6.54 Å². The Labute approximate surface area is 171 Å². The number of para-hydroxylation sites is 1. The molecule has 1 aliphatic rings. The molecule has 0 spiro atoms. The molecule has 3 nitrogen and oxygen atoms in total. The lowest BCUT2D eigenvalue weighted by Gasteiger charge is -2.27. The molecule has 26 heavy (non-hydrogen) atoms. The van der Waals surface area contributed by atoms with Crippen molar-refractivity contribution < 1.29 is 4.90 Å². The maximum atomic E-state index is 6.29. The van der Waals surface area contributed by atoms with Gasteiger partial charge in [0.1, 0.15) is 0 Å². The molecule has 1 aliphatic heterocycles. The zero-order valence-electron chi connectivity index (χ0n) is 15.0. The van der Waals surface area contributed by atoms with E-state index in [9.17, 15) is 0 Å². The van der Waals surface area contributed by atoms with Crippen LogP contribution in [0.25, 0.3) is 0 Å². The zero-order valence-corrected chi connectivity index (χ0v) is 17.4. The van der Waals surface area contributed by atoms with Crippen molar-refractivity contribution in [1.82, 2.24) is 4.90 Å². The highest BCUT2D eigenvalue weighted by atomic mass is 35.5. The number of rotatable bonds is 6. The van der Waals surface area contributed by atoms with Crippen LogP contribution in [0.3, 0.4) is 0 Å². The summed E-state index contributed by atoms with van der Waals surface area (Å²) in [6, 6.07) is 12.0. The molecule has 0 amide bonds. The normalized spacial score (nSPS) is 15.4. The number of likely N-dealkylation sites (tertiary alicyclic amines) is 1. The Balaban J connectivity index is 1.63. The highest BCUT2D eigenvalue weighted by molar-refractivity contribution is 7.80. The first kappa shape index (κ1) is 19.6. The Hall–Kier alpha value is -1.14. The van der Waals surface area contributed by atoms with Crippen LogP contribution < -0.4 is 10.2 Å². The van der Waals surface area contributed by atoms with Crippen LogP contribution in [0.5, 0.6) is 0 Å². The minimum absolute atomic E-state index is 0.698. The van der Waals surface area contributed by atoms with Gasteiger partial charge < -0.3 is 15.1 Å². The van der Waals surface area contributed by atoms with Gasteiger partial charge in [-0.1, -0.05) is 29.8 Å². The number of hydrogen-bond acceptors (Lipinski definition) is 2. The molecule has 0 aliphatic carbocycles. The van der Waals surface area contributed by atoms with Crippen molar-refractivity contribution in [2.45, 2.75) is 32.2 Å². The van der Waals surface area contributed by atoms with E-state index < -0.39 is 0 Å². The van der Waals surface area contributed by atoms with Gasteiger partial charge in [0, 0.05) is 4.88 Å². The molecule has 2 aromatic rings. The predicted molar refractivity (Wildman–Crippen MR) is 116 cm³/mol. The first-order valence-electron chi connectivity index (χ1n) is 9.39. The first-order chi connectivity index (χ1) is 12.7. The van der Waals surface area contributed by atoms with Gasteiger partial charge in [-0.05, 0) is 61.5 Å². The Bertz CT molecular complexity index is 682. The number of halogens is 1. The zero-order chi connectivity index (χ0) is 18.2. The smallest absolute Gasteiger partial charge is 0.173 e. The molecule has 3 rings (SSSR count). The average molecular weight is 409 g/mol. The second kappa shape index (κ2) is 10.3. The molecule has 0 bridgehead atoms. The van der Waals surface area contributed by atoms with Crippen LogP contribution >= 0.6 is 35.2 Å². The Morgan fingerprint density at radius 2 is 1.88 bits per heavy atom. The lowest BCUT2D eigenvalue weighted by atomic mass is 10.2. The minimum atomic E-state index is 0.698. The molecule has 1 aromatic carbocycles. The summed E-state index contributed by atoms with van der Waals surface area (Å²) in [5, 5.41) is 6.92. The van der Waals surface area contributed by atoms with Gasteiger partial charge in [-0.25, -0.2) is 0 Å². The van der Waals surface area contributed by atoms with Crippen molar-refractivity contribution in [3.8, 4) is 0 Å². The predicted octanol–water partition coefficient (Wildman–Crippen LogP) is 4.06. The molecule has 2 heterocycles. The second-order valence-corrected chi connectivity index (χ2v) is 8.65. The number of quaternary nitrogens is 1. The number of benzene rings is 1. The van der Waals surface area contributed by atoms with Crippen molar-refractivity contribution in [1.29, 1.82) is 0 Å². The summed E-state index contributed by atoms with van der Waals surface area (Å²) in [5.41, 5.74) is 0.873. The molecule has 2 N–H and O–H groups in total. The number of anilines is 1. The van der Waals surface area contributed by atoms with Gasteiger partial charge in [-0.15, -0.1) is 11.3 Å². The number of nitrogens with zero attached hydrogens (tertiary/aromatic N) is 1. The molecule has 140 valence electrons. The molecule has 1 fully saturated rings. The molecular formula is C20H27ClN3S2+. The fraction of sp³-hybridized carbons (Fsp3) is 0.450. The summed E-state index contributed by atoms with van der Waals surface area (Å²) in [6.07, 6.45) is 5.47. The van der Waals surface area contributed by atoms with Gasteiger partial charge in [0.2, 0.25) is 0 Å². The lowest BCUT2D eigenvalue weighted by molar-refractivity contribution is -0.898. The summed E-state index contributed by atoms with van der Waals surface area (Å²) < 4.78 is 0. The number of nitrogens with one attached hydrogen (secondary N) is 2. The standard InChI is InChI=1S/C20H26ClN3S2/c21-18-9-3-4-10-19(18)22-20(25)24(16-17-8-7-15-26-17)14-13-23-11-5-1-2-6-12-23/h3-4,7-10,15H,1-2,5-6,11-14,16H2,(H,22,25)/p+1. The van der Waals surface area contributed by atoms with E-state index in [1.807, 2.05) is 24.3 Å². The highest BCUT2D eigenvalue weighted by Gasteiger charge is 2.17. The Morgan fingerprint density at radius 3 is 2.58 bits per heavy atom. The van der Waals surface area contributed by atoms with E-state index in [4.69, 9.17) is 23.8 Å². The molecule has 0 saturated carbocycles. The second-order valence-electron chi connectivity index (χ2n) is 6.83. The average Bonchev–Trinajstić information content (AvgIpc) is 3.02. The van der Waals surface area contributed by atoms with Gasteiger partial charge in [0.15, 0.2) is 5.11 Å². The Morgan fingerprint density at radius 1 is 1.12 bits per heavy atom. The number of thiophene rings is 1. The van der Waals surface area contributed by atoms with E-state index in [1.54, 1.807) is 16.2 Å². The maximum absolute atomic E-state index is 6.29. The van der Waals surface area contributed by atoms with Crippen molar-refractivity contribution in [2.75, 3.05) is 31.5 Å². The van der Waals surface area contributed by atoms with E-state index in [-0.39, 0.29) is 0 Å². The van der Waals surface area contributed by atoms with E-state index in [0.717, 1.165) is 30.4 Å². The molecular weight excluding hydrogens is 382 g/mol. The van der Waals surface area contributed by atoms with Gasteiger partial charge >= 0.3 is 0 Å². The van der Waals surface area contributed by atoms with E-state index in [1.165, 1.54) is 43.6 Å². The van der Waals surface area contributed by atoms with Crippen LogP contribution in [0.2, 0.25) is 5.02 Å². The summed E-state index contributed by atoms with van der Waals surface area (Å²) in [6.45, 7) is 5.52. The van der Waals surface area contributed by atoms with Crippen LogP contribution in [-0.4, -0.2) is 36.2 Å². The van der Waals surface area contributed by atoms with Crippen LogP contribution in [0.1, 0.15) is 30.6 Å². The third kappa shape index (κ3) is 5.95. The molecule has 0 unspecified atom stereocenters. The van der Waals surface area contributed by atoms with Gasteiger partial charge in [-0.2, -0.15) is 0 Å². The monoisotopic (exact) mass is 408 g/mol. The summed E-state index contributed by atoms with van der Waals surface area (Å²) in [5.74, 6) is 0. The van der Waals surface area contributed by atoms with E-state index in [2.05, 4.69) is 27.7 Å². The SMILES string of the molecule is S=C(Nc1ccccc1Cl)N(CC[NH+]1CCCCCC1)Cc1cccs1. The van der Waals surface area contributed by atoms with E-state index >= 15 is 0 Å². The first-order valence-corrected chi connectivity index (χ1v) is 11.1. The molecule has 0 atom stereocenters. The molecule has 1 aromatic heterocycles. The van der Waals surface area contributed by atoms with Crippen LogP contribution in [0, 0.1) is 0 Å². The quantitative estimate of drug-likeness (QED) is 0.703. The highest BCUT2D eigenvalue weighted by Crippen LogP contribution is 2.21. The number of thiocarbonyl (C=S) groups is 1. The topological polar surface area (TPSA) is 19.7 Å². The van der Waals surface area contributed by atoms with Crippen LogP contribution in [0.15, 0.2) is 41.8 Å². The molecule has 1 saturated heterocycles. The third-order valence-electron chi connectivity index (χ3n) is 4.88. The fourth-order valence-electron chi connectivity index (χ4n) is 3.37. The van der Waals surface area contributed by atoms with Crippen LogP contribution in [0.4, 0.5) is 5.69 Å². The van der Waals surface area contributed by atoms with E-state index in [0.29, 0.717) is 5.02 Å². The van der Waals surface area contributed by atoms with Crippen molar-refractivity contribution in [2.24, 2.45) is 0 Å². The fourth-order valence-corrected chi connectivity index (χ4v) is 4.54. The van der Waals surface area contributed by atoms with Crippen molar-refractivity contribution in [3.63, 3.8) is 0 Å². The van der Waals surface area contributed by atoms with Gasteiger partial charge in [-0.3, -0.25) is 0 Å². The number of hydrogen-bond donors (Lipinski definition) is 2. The maximum Gasteiger partial charge on any atom is 0.173 e. The molecule has 0 radical (unpaired) electrons. The van der Waals surface area contributed by atoms with Crippen molar-refractivity contribution >= 4 is 46.0 Å². The van der Waals surface area contributed by atoms with Gasteiger partial charge in [0.05, 0.1) is 43.4 Å². The summed E-state index contributed by atoms with van der Waals surface area (Å²) >= 11 is 13.8. The minimum Gasteiger partial charge on any atom is -0.338 e. The van der Waals surface area contributed by atoms with Gasteiger partial charge in [0.25, 0.3) is 0 Å².